The minimum absolute atomic E-state index is 0.0506. The summed E-state index contributed by atoms with van der Waals surface area (Å²) in [5.74, 6) is 0. The van der Waals surface area contributed by atoms with E-state index in [1.54, 1.807) is 6.82 Å². The molecule has 1 rings (SSSR count). The zero-order chi connectivity index (χ0) is 13.3. The molecular weight excluding hydrogens is 245 g/mol. The van der Waals surface area contributed by atoms with E-state index in [4.69, 9.17) is 0 Å². The normalized spacial score (nSPS) is 12.6. The van der Waals surface area contributed by atoms with Crippen LogP contribution in [0.3, 0.4) is 0 Å². The Hall–Kier alpha value is -1.14. The minimum atomic E-state index is -4.76. The van der Waals surface area contributed by atoms with E-state index in [1.807, 2.05) is 0 Å². The summed E-state index contributed by atoms with van der Waals surface area (Å²) in [6.45, 7) is 1.69. The molecule has 0 bridgehead atoms. The van der Waals surface area contributed by atoms with Gasteiger partial charge in [-0.25, -0.2) is 0 Å². The first-order chi connectivity index (χ1) is 7.64. The van der Waals surface area contributed by atoms with Crippen molar-refractivity contribution >= 4 is 7.28 Å². The van der Waals surface area contributed by atoms with Crippen molar-refractivity contribution in [3.05, 3.63) is 34.9 Å². The third-order valence-electron chi connectivity index (χ3n) is 2.19. The smallest absolute Gasteiger partial charge is 0.166 e. The van der Waals surface area contributed by atoms with E-state index in [0.29, 0.717) is 7.28 Å². The Morgan fingerprint density at radius 1 is 0.882 bits per heavy atom. The molecule has 0 aliphatic carbocycles. The maximum absolute atomic E-state index is 12.4. The molecule has 0 aromatic heterocycles. The molecule has 94 valence electrons. The number of benzene rings is 1. The molecule has 1 aromatic rings. The average molecular weight is 254 g/mol. The Morgan fingerprint density at radius 3 is 1.59 bits per heavy atom. The van der Waals surface area contributed by atoms with E-state index in [-0.39, 0.29) is 17.9 Å². The van der Waals surface area contributed by atoms with Crippen LogP contribution in [0, 0.1) is 0 Å². The van der Waals surface area contributed by atoms with Gasteiger partial charge in [-0.3, -0.25) is 0 Å². The van der Waals surface area contributed by atoms with Crippen molar-refractivity contribution in [3.63, 3.8) is 0 Å². The van der Waals surface area contributed by atoms with Crippen molar-refractivity contribution in [3.8, 4) is 0 Å². The number of rotatable bonds is 2. The number of alkyl halides is 6. The van der Waals surface area contributed by atoms with Gasteiger partial charge in [-0.15, -0.1) is 0 Å². The average Bonchev–Trinajstić information content (AvgIpc) is 2.15. The van der Waals surface area contributed by atoms with Crippen LogP contribution in [0.15, 0.2) is 18.2 Å². The largest absolute Gasteiger partial charge is 0.416 e. The van der Waals surface area contributed by atoms with Crippen molar-refractivity contribution in [1.29, 1.82) is 0 Å². The maximum Gasteiger partial charge on any atom is 0.416 e. The van der Waals surface area contributed by atoms with Crippen LogP contribution >= 0.6 is 0 Å². The predicted molar refractivity (Wildman–Crippen MR) is 53.2 cm³/mol. The van der Waals surface area contributed by atoms with Gasteiger partial charge in [0.25, 0.3) is 0 Å². The fourth-order valence-corrected chi connectivity index (χ4v) is 1.45. The molecule has 0 saturated heterocycles. The highest BCUT2D eigenvalue weighted by Gasteiger charge is 2.36. The second-order valence-corrected chi connectivity index (χ2v) is 3.66. The van der Waals surface area contributed by atoms with Gasteiger partial charge >= 0.3 is 12.4 Å². The van der Waals surface area contributed by atoms with Gasteiger partial charge in [-0.05, 0) is 18.2 Å². The van der Waals surface area contributed by atoms with Crippen LogP contribution in [0.4, 0.5) is 26.3 Å². The molecule has 0 nitrogen and oxygen atoms in total. The van der Waals surface area contributed by atoms with Crippen LogP contribution < -0.4 is 0 Å². The highest BCUT2D eigenvalue weighted by Crippen LogP contribution is 2.36. The van der Waals surface area contributed by atoms with Crippen molar-refractivity contribution in [1.82, 2.24) is 0 Å². The lowest BCUT2D eigenvalue weighted by atomic mass is 9.74. The van der Waals surface area contributed by atoms with Gasteiger partial charge in [0.15, 0.2) is 0 Å². The van der Waals surface area contributed by atoms with Gasteiger partial charge in [0.2, 0.25) is 0 Å². The molecule has 0 unspecified atom stereocenters. The van der Waals surface area contributed by atoms with E-state index in [2.05, 4.69) is 0 Å². The van der Waals surface area contributed by atoms with Crippen LogP contribution in [-0.2, 0) is 18.7 Å². The molecule has 0 N–H and O–H groups in total. The Labute approximate surface area is 94.9 Å². The van der Waals surface area contributed by atoms with E-state index in [9.17, 15) is 26.3 Å². The lowest BCUT2D eigenvalue weighted by Crippen LogP contribution is -2.12. The summed E-state index contributed by atoms with van der Waals surface area (Å²) < 4.78 is 74.5. The standard InChI is InChI=1S/C10H9BF6/c1-11-5-6-2-7(9(12,13)14)4-8(3-6)10(15,16)17/h2-4,11H,5H2,1H3. The van der Waals surface area contributed by atoms with Gasteiger partial charge in [0, 0.05) is 0 Å². The molecule has 1 aromatic carbocycles. The van der Waals surface area contributed by atoms with Crippen LogP contribution in [0.5, 0.6) is 0 Å². The highest BCUT2D eigenvalue weighted by molar-refractivity contribution is 6.32. The summed E-state index contributed by atoms with van der Waals surface area (Å²) in [6.07, 6.45) is -9.33. The molecule has 17 heavy (non-hydrogen) atoms. The van der Waals surface area contributed by atoms with Crippen molar-refractivity contribution < 1.29 is 26.3 Å². The van der Waals surface area contributed by atoms with Gasteiger partial charge < -0.3 is 0 Å². The van der Waals surface area contributed by atoms with Crippen molar-refractivity contribution in [2.45, 2.75) is 25.5 Å². The van der Waals surface area contributed by atoms with Crippen LogP contribution in [0.2, 0.25) is 6.82 Å². The second-order valence-electron chi connectivity index (χ2n) is 3.66. The SMILES string of the molecule is CBCc1cc(C(F)(F)F)cc(C(F)(F)F)c1. The molecule has 0 radical (unpaired) electrons. The Kier molecular flexibility index (Phi) is 3.79. The van der Waals surface area contributed by atoms with Crippen LogP contribution in [0.25, 0.3) is 0 Å². The fraction of sp³-hybridized carbons (Fsp3) is 0.400. The molecule has 0 aliphatic heterocycles. The number of halogens is 6. The van der Waals surface area contributed by atoms with Crippen molar-refractivity contribution in [2.75, 3.05) is 0 Å². The van der Waals surface area contributed by atoms with Crippen LogP contribution in [-0.4, -0.2) is 7.28 Å². The maximum atomic E-state index is 12.4. The highest BCUT2D eigenvalue weighted by atomic mass is 19.4. The zero-order valence-electron chi connectivity index (χ0n) is 8.91. The summed E-state index contributed by atoms with van der Waals surface area (Å²) in [5.41, 5.74) is -2.46. The van der Waals surface area contributed by atoms with E-state index >= 15 is 0 Å². The fourth-order valence-electron chi connectivity index (χ4n) is 1.45. The lowest BCUT2D eigenvalue weighted by Gasteiger charge is -2.13. The molecule has 7 heteroatoms. The van der Waals surface area contributed by atoms with Gasteiger partial charge in [-0.1, -0.05) is 18.7 Å². The summed E-state index contributed by atoms with van der Waals surface area (Å²) in [4.78, 5) is 0. The summed E-state index contributed by atoms with van der Waals surface area (Å²) in [6, 6.07) is 1.66. The molecule has 0 fully saturated rings. The molecule has 0 saturated carbocycles. The summed E-state index contributed by atoms with van der Waals surface area (Å²) >= 11 is 0. The van der Waals surface area contributed by atoms with E-state index in [1.165, 1.54) is 0 Å². The van der Waals surface area contributed by atoms with E-state index < -0.39 is 23.5 Å². The van der Waals surface area contributed by atoms with Gasteiger partial charge in [0.1, 0.15) is 7.28 Å². The first-order valence-corrected chi connectivity index (χ1v) is 4.93. The molecule has 0 heterocycles. The molecular formula is C10H9BF6. The van der Waals surface area contributed by atoms with Crippen LogP contribution in [0.1, 0.15) is 16.7 Å². The lowest BCUT2D eigenvalue weighted by molar-refractivity contribution is -0.143. The summed E-state index contributed by atoms with van der Waals surface area (Å²) in [5, 5.41) is 0. The predicted octanol–water partition coefficient (Wildman–Crippen LogP) is 3.71. The first kappa shape index (κ1) is 13.9. The second kappa shape index (κ2) is 4.62. The molecule has 0 atom stereocenters. The topological polar surface area (TPSA) is 0 Å². The molecule has 0 spiro atoms. The third kappa shape index (κ3) is 3.68. The van der Waals surface area contributed by atoms with Crippen molar-refractivity contribution in [2.24, 2.45) is 0 Å². The van der Waals surface area contributed by atoms with Gasteiger partial charge in [0.05, 0.1) is 11.1 Å². The first-order valence-electron chi connectivity index (χ1n) is 4.93. The molecule has 0 amide bonds. The Balaban J connectivity index is 3.29. The van der Waals surface area contributed by atoms with E-state index in [0.717, 1.165) is 12.1 Å². The quantitative estimate of drug-likeness (QED) is 0.557. The molecule has 0 aliphatic rings. The minimum Gasteiger partial charge on any atom is -0.166 e. The Morgan fingerprint density at radius 2 is 1.29 bits per heavy atom. The number of hydrogen-bond acceptors (Lipinski definition) is 0. The Bertz CT molecular complexity index is 361. The number of hydrogen-bond donors (Lipinski definition) is 0. The third-order valence-corrected chi connectivity index (χ3v) is 2.19. The summed E-state index contributed by atoms with van der Waals surface area (Å²) in [7, 11) is 0.485. The monoisotopic (exact) mass is 254 g/mol. The zero-order valence-corrected chi connectivity index (χ0v) is 8.91. The van der Waals surface area contributed by atoms with Gasteiger partial charge in [-0.2, -0.15) is 26.3 Å².